The lowest BCUT2D eigenvalue weighted by Gasteiger charge is -2.26. The minimum absolute atomic E-state index is 0.160. The molecule has 3 aromatic rings. The van der Waals surface area contributed by atoms with E-state index in [0.717, 1.165) is 12.8 Å². The summed E-state index contributed by atoms with van der Waals surface area (Å²) in [7, 11) is 0. The number of hydrogen-bond acceptors (Lipinski definition) is 6. The minimum Gasteiger partial charge on any atom is -0.339 e. The summed E-state index contributed by atoms with van der Waals surface area (Å²) in [6, 6.07) is 6.99. The van der Waals surface area contributed by atoms with Crippen LogP contribution < -0.4 is 5.32 Å². The summed E-state index contributed by atoms with van der Waals surface area (Å²) in [5.41, 5.74) is -0.273. The molecule has 0 bridgehead atoms. The van der Waals surface area contributed by atoms with E-state index in [1.165, 1.54) is 6.20 Å². The van der Waals surface area contributed by atoms with Gasteiger partial charge in [-0.15, -0.1) is 0 Å². The summed E-state index contributed by atoms with van der Waals surface area (Å²) >= 11 is 0. The minimum atomic E-state index is -4.74. The standard InChI is InChI=1S/C17H14F3N5O2/c18-17(19,20)15-22-14(25-27-15)16(7-3-4-8-16)23-13(26)11-9-21-24-12-6-2-1-5-10(11)12/h1-2,5-6,9H,3-4,7-8H2,(H,23,26). The molecule has 1 N–H and O–H groups in total. The third-order valence-electron chi connectivity index (χ3n) is 4.70. The number of carbonyl (C=O) groups is 1. The summed E-state index contributed by atoms with van der Waals surface area (Å²) in [6.07, 6.45) is -1.10. The number of hydrogen-bond donors (Lipinski definition) is 1. The van der Waals surface area contributed by atoms with Crippen LogP contribution in [0.25, 0.3) is 10.9 Å². The zero-order valence-electron chi connectivity index (χ0n) is 14.0. The predicted octanol–water partition coefficient (Wildman–Crippen LogP) is 3.23. The molecule has 0 atom stereocenters. The highest BCUT2D eigenvalue weighted by atomic mass is 19.4. The van der Waals surface area contributed by atoms with Gasteiger partial charge in [0, 0.05) is 5.39 Å². The second kappa shape index (κ2) is 6.29. The molecule has 27 heavy (non-hydrogen) atoms. The van der Waals surface area contributed by atoms with E-state index in [0.29, 0.717) is 23.7 Å². The van der Waals surface area contributed by atoms with Crippen molar-refractivity contribution >= 4 is 16.8 Å². The van der Waals surface area contributed by atoms with Crippen LogP contribution in [0.5, 0.6) is 0 Å². The Bertz CT molecular complexity index is 990. The van der Waals surface area contributed by atoms with Gasteiger partial charge in [-0.25, -0.2) is 0 Å². The molecule has 1 fully saturated rings. The normalized spacial score (nSPS) is 16.6. The number of aromatic nitrogens is 4. The molecule has 0 spiro atoms. The van der Waals surface area contributed by atoms with Crippen LogP contribution in [0.3, 0.4) is 0 Å². The second-order valence-electron chi connectivity index (χ2n) is 6.44. The number of benzene rings is 1. The van der Waals surface area contributed by atoms with E-state index >= 15 is 0 Å². The van der Waals surface area contributed by atoms with E-state index in [4.69, 9.17) is 0 Å². The first-order valence-corrected chi connectivity index (χ1v) is 8.33. The Morgan fingerprint density at radius 2 is 1.93 bits per heavy atom. The summed E-state index contributed by atoms with van der Waals surface area (Å²) in [5.74, 6) is -2.05. The molecule has 2 heterocycles. The zero-order valence-corrected chi connectivity index (χ0v) is 14.0. The highest BCUT2D eigenvalue weighted by Crippen LogP contribution is 2.39. The number of nitrogens with one attached hydrogen (secondary N) is 1. The molecular formula is C17H14F3N5O2. The molecule has 1 aliphatic carbocycles. The third-order valence-corrected chi connectivity index (χ3v) is 4.70. The van der Waals surface area contributed by atoms with Crippen molar-refractivity contribution in [3.05, 3.63) is 47.7 Å². The van der Waals surface area contributed by atoms with Crippen LogP contribution in [-0.4, -0.2) is 26.2 Å². The van der Waals surface area contributed by atoms with E-state index in [-0.39, 0.29) is 11.4 Å². The van der Waals surface area contributed by atoms with Crippen molar-refractivity contribution in [3.63, 3.8) is 0 Å². The summed E-state index contributed by atoms with van der Waals surface area (Å²) in [4.78, 5) is 16.4. The Balaban J connectivity index is 1.69. The van der Waals surface area contributed by atoms with Gasteiger partial charge in [0.25, 0.3) is 5.91 Å². The quantitative estimate of drug-likeness (QED) is 0.753. The first kappa shape index (κ1) is 17.4. The van der Waals surface area contributed by atoms with Crippen molar-refractivity contribution in [2.75, 3.05) is 0 Å². The predicted molar refractivity (Wildman–Crippen MR) is 86.5 cm³/mol. The Morgan fingerprint density at radius 1 is 1.19 bits per heavy atom. The molecule has 140 valence electrons. The summed E-state index contributed by atoms with van der Waals surface area (Å²) < 4.78 is 42.8. The van der Waals surface area contributed by atoms with E-state index in [9.17, 15) is 18.0 Å². The van der Waals surface area contributed by atoms with Crippen LogP contribution in [0.4, 0.5) is 13.2 Å². The molecule has 1 aliphatic rings. The molecule has 1 amide bonds. The van der Waals surface area contributed by atoms with Gasteiger partial charge in [-0.2, -0.15) is 28.4 Å². The summed E-state index contributed by atoms with van der Waals surface area (Å²) in [5, 5.41) is 14.7. The molecule has 1 aromatic carbocycles. The van der Waals surface area contributed by atoms with Crippen LogP contribution >= 0.6 is 0 Å². The number of amides is 1. The Hall–Kier alpha value is -3.04. The fraction of sp³-hybridized carbons (Fsp3) is 0.353. The molecular weight excluding hydrogens is 363 g/mol. The monoisotopic (exact) mass is 377 g/mol. The van der Waals surface area contributed by atoms with Crippen LogP contribution in [-0.2, 0) is 11.7 Å². The van der Waals surface area contributed by atoms with Crippen molar-refractivity contribution in [1.29, 1.82) is 0 Å². The lowest BCUT2D eigenvalue weighted by Crippen LogP contribution is -2.44. The lowest BCUT2D eigenvalue weighted by atomic mass is 9.95. The van der Waals surface area contributed by atoms with Crippen LogP contribution in [0.1, 0.15) is 47.8 Å². The highest BCUT2D eigenvalue weighted by molar-refractivity contribution is 6.05. The number of nitrogens with zero attached hydrogens (tertiary/aromatic N) is 4. The Kier molecular flexibility index (Phi) is 4.05. The van der Waals surface area contributed by atoms with Crippen molar-refractivity contribution in [1.82, 2.24) is 25.7 Å². The molecule has 2 aromatic heterocycles. The zero-order chi connectivity index (χ0) is 19.1. The summed E-state index contributed by atoms with van der Waals surface area (Å²) in [6.45, 7) is 0. The first-order chi connectivity index (χ1) is 12.9. The second-order valence-corrected chi connectivity index (χ2v) is 6.44. The van der Waals surface area contributed by atoms with Gasteiger partial charge in [0.05, 0.1) is 17.3 Å². The molecule has 1 saturated carbocycles. The Labute approximate surface area is 151 Å². The molecule has 4 rings (SSSR count). The average molecular weight is 377 g/mol. The third kappa shape index (κ3) is 3.11. The topological polar surface area (TPSA) is 93.8 Å². The van der Waals surface area contributed by atoms with Crippen LogP contribution in [0.15, 0.2) is 35.0 Å². The maximum Gasteiger partial charge on any atom is 0.471 e. The largest absolute Gasteiger partial charge is 0.471 e. The maximum atomic E-state index is 12.9. The van der Waals surface area contributed by atoms with Crippen LogP contribution in [0, 0.1) is 0 Å². The molecule has 10 heteroatoms. The SMILES string of the molecule is O=C(NC1(c2noc(C(F)(F)F)n2)CCCC1)c1cnnc2ccccc12. The van der Waals surface area contributed by atoms with Gasteiger partial charge in [-0.1, -0.05) is 36.2 Å². The van der Waals surface area contributed by atoms with Crippen molar-refractivity contribution in [3.8, 4) is 0 Å². The molecule has 0 radical (unpaired) electrons. The van der Waals surface area contributed by atoms with Crippen molar-refractivity contribution in [2.24, 2.45) is 0 Å². The van der Waals surface area contributed by atoms with Gasteiger partial charge in [-0.3, -0.25) is 4.79 Å². The fourth-order valence-corrected chi connectivity index (χ4v) is 3.39. The van der Waals surface area contributed by atoms with E-state index in [2.05, 4.69) is 30.2 Å². The molecule has 0 unspecified atom stereocenters. The van der Waals surface area contributed by atoms with Crippen molar-refractivity contribution in [2.45, 2.75) is 37.4 Å². The molecule has 0 saturated heterocycles. The number of fused-ring (bicyclic) bond motifs is 1. The smallest absolute Gasteiger partial charge is 0.339 e. The number of alkyl halides is 3. The number of rotatable bonds is 3. The van der Waals surface area contributed by atoms with E-state index in [1.54, 1.807) is 24.3 Å². The van der Waals surface area contributed by atoms with Crippen LogP contribution in [0.2, 0.25) is 0 Å². The van der Waals surface area contributed by atoms with Gasteiger partial charge >= 0.3 is 12.1 Å². The number of halogens is 3. The Morgan fingerprint density at radius 3 is 2.63 bits per heavy atom. The number of carbonyl (C=O) groups excluding carboxylic acids is 1. The van der Waals surface area contributed by atoms with Gasteiger partial charge in [0.1, 0.15) is 5.54 Å². The maximum absolute atomic E-state index is 12.9. The molecule has 0 aliphatic heterocycles. The highest BCUT2D eigenvalue weighted by Gasteiger charge is 2.45. The van der Waals surface area contributed by atoms with Crippen molar-refractivity contribution < 1.29 is 22.5 Å². The van der Waals surface area contributed by atoms with Gasteiger partial charge < -0.3 is 9.84 Å². The molecule has 7 nitrogen and oxygen atoms in total. The fourth-order valence-electron chi connectivity index (χ4n) is 3.39. The van der Waals surface area contributed by atoms with Gasteiger partial charge in [-0.05, 0) is 18.9 Å². The van der Waals surface area contributed by atoms with E-state index < -0.39 is 23.5 Å². The van der Waals surface area contributed by atoms with E-state index in [1.807, 2.05) is 0 Å². The first-order valence-electron chi connectivity index (χ1n) is 8.33. The van der Waals surface area contributed by atoms with Gasteiger partial charge in [0.15, 0.2) is 5.82 Å². The average Bonchev–Trinajstić information content (AvgIpc) is 3.31. The van der Waals surface area contributed by atoms with Gasteiger partial charge in [0.2, 0.25) is 0 Å². The lowest BCUT2D eigenvalue weighted by molar-refractivity contribution is -0.159.